The minimum atomic E-state index is -1.04. The van der Waals surface area contributed by atoms with Crippen molar-refractivity contribution in [3.63, 3.8) is 0 Å². The number of nitrogens with zero attached hydrogens (tertiary/aromatic N) is 2. The van der Waals surface area contributed by atoms with E-state index in [1.54, 1.807) is 4.57 Å². The topological polar surface area (TPSA) is 90.4 Å². The van der Waals surface area contributed by atoms with Crippen molar-refractivity contribution in [2.75, 3.05) is 12.3 Å². The van der Waals surface area contributed by atoms with Gasteiger partial charge in [0.15, 0.2) is 11.5 Å². The van der Waals surface area contributed by atoms with Gasteiger partial charge in [0, 0.05) is 6.54 Å². The molecule has 0 aromatic carbocycles. The van der Waals surface area contributed by atoms with E-state index in [-0.39, 0.29) is 11.5 Å². The molecular weight excluding hydrogens is 174 g/mol. The van der Waals surface area contributed by atoms with Gasteiger partial charge in [-0.15, -0.1) is 0 Å². The largest absolute Gasteiger partial charge is 0.476 e. The molecule has 6 heteroatoms. The number of ether oxygens (including phenoxy) is 1. The number of anilines is 1. The summed E-state index contributed by atoms with van der Waals surface area (Å²) in [5.74, 6) is -0.396. The fraction of sp³-hybridized carbons (Fsp3) is 0.429. The number of aromatic nitrogens is 2. The zero-order valence-electron chi connectivity index (χ0n) is 6.86. The number of imidazole rings is 1. The molecule has 6 nitrogen and oxygen atoms in total. The van der Waals surface area contributed by atoms with E-state index in [1.807, 2.05) is 0 Å². The van der Waals surface area contributed by atoms with Gasteiger partial charge in [0.05, 0.1) is 6.61 Å². The Hall–Kier alpha value is -1.56. The van der Waals surface area contributed by atoms with Crippen LogP contribution in [0.4, 0.5) is 5.82 Å². The maximum absolute atomic E-state index is 10.8. The molecule has 0 spiro atoms. The van der Waals surface area contributed by atoms with Gasteiger partial charge in [-0.2, -0.15) is 0 Å². The third kappa shape index (κ3) is 1.15. The molecular formula is C7H9N3O3. The van der Waals surface area contributed by atoms with Gasteiger partial charge in [-0.3, -0.25) is 0 Å². The Morgan fingerprint density at radius 3 is 3.15 bits per heavy atom. The molecule has 0 amide bonds. The highest BCUT2D eigenvalue weighted by Crippen LogP contribution is 2.17. The molecule has 2 rings (SSSR count). The maximum Gasteiger partial charge on any atom is 0.356 e. The van der Waals surface area contributed by atoms with E-state index in [0.717, 1.165) is 0 Å². The zero-order chi connectivity index (χ0) is 9.42. The van der Waals surface area contributed by atoms with E-state index in [1.165, 1.54) is 0 Å². The molecule has 0 unspecified atom stereocenters. The van der Waals surface area contributed by atoms with Crippen molar-refractivity contribution in [1.82, 2.24) is 9.55 Å². The Bertz CT molecular complexity index is 358. The number of fused-ring (bicyclic) bond motifs is 1. The van der Waals surface area contributed by atoms with Crippen molar-refractivity contribution >= 4 is 11.8 Å². The first kappa shape index (κ1) is 8.06. The Kier molecular flexibility index (Phi) is 1.70. The van der Waals surface area contributed by atoms with Crippen LogP contribution in [0.15, 0.2) is 0 Å². The lowest BCUT2D eigenvalue weighted by molar-refractivity contribution is 0.0642. The summed E-state index contributed by atoms with van der Waals surface area (Å²) in [4.78, 5) is 14.7. The Balaban J connectivity index is 2.54. The lowest BCUT2D eigenvalue weighted by Crippen LogP contribution is -2.20. The fourth-order valence-electron chi connectivity index (χ4n) is 1.42. The molecule has 3 N–H and O–H groups in total. The van der Waals surface area contributed by atoms with Crippen molar-refractivity contribution in [2.24, 2.45) is 0 Å². The van der Waals surface area contributed by atoms with Crippen LogP contribution in [0.25, 0.3) is 0 Å². The van der Waals surface area contributed by atoms with Crippen LogP contribution in [-0.4, -0.2) is 27.2 Å². The molecule has 70 valence electrons. The number of nitrogen functional groups attached to an aromatic ring is 1. The summed E-state index contributed by atoms with van der Waals surface area (Å²) >= 11 is 0. The third-order valence-electron chi connectivity index (χ3n) is 1.97. The van der Waals surface area contributed by atoms with Crippen molar-refractivity contribution in [2.45, 2.75) is 13.2 Å². The van der Waals surface area contributed by atoms with E-state index in [0.29, 0.717) is 25.6 Å². The lowest BCUT2D eigenvalue weighted by Gasteiger charge is -2.14. The van der Waals surface area contributed by atoms with Crippen LogP contribution < -0.4 is 5.73 Å². The van der Waals surface area contributed by atoms with Crippen LogP contribution in [0.1, 0.15) is 16.3 Å². The molecule has 0 aliphatic carbocycles. The van der Waals surface area contributed by atoms with E-state index >= 15 is 0 Å². The normalized spacial score (nSPS) is 15.4. The Morgan fingerprint density at radius 1 is 1.69 bits per heavy atom. The predicted molar refractivity (Wildman–Crippen MR) is 43.3 cm³/mol. The quantitative estimate of drug-likeness (QED) is 0.623. The SMILES string of the molecule is Nc1nc2n(c1C(=O)O)CCOC2. The number of hydrogen-bond donors (Lipinski definition) is 2. The van der Waals surface area contributed by atoms with E-state index in [2.05, 4.69) is 4.98 Å². The lowest BCUT2D eigenvalue weighted by atomic mass is 10.4. The van der Waals surface area contributed by atoms with Crippen LogP contribution in [0, 0.1) is 0 Å². The number of nitrogens with two attached hydrogens (primary N) is 1. The van der Waals surface area contributed by atoms with Crippen molar-refractivity contribution < 1.29 is 14.6 Å². The first-order valence-electron chi connectivity index (χ1n) is 3.86. The first-order chi connectivity index (χ1) is 6.20. The van der Waals surface area contributed by atoms with Gasteiger partial charge in [-0.05, 0) is 0 Å². The highest BCUT2D eigenvalue weighted by Gasteiger charge is 2.22. The van der Waals surface area contributed by atoms with Gasteiger partial charge in [0.1, 0.15) is 12.4 Å². The first-order valence-corrected chi connectivity index (χ1v) is 3.86. The summed E-state index contributed by atoms with van der Waals surface area (Å²) in [6.07, 6.45) is 0. The van der Waals surface area contributed by atoms with Gasteiger partial charge in [-0.25, -0.2) is 9.78 Å². The van der Waals surface area contributed by atoms with Gasteiger partial charge < -0.3 is 20.1 Å². The molecule has 1 aromatic heterocycles. The molecule has 2 heterocycles. The summed E-state index contributed by atoms with van der Waals surface area (Å²) in [6.45, 7) is 1.34. The molecule has 0 saturated carbocycles. The molecule has 0 saturated heterocycles. The Labute approximate surface area is 73.9 Å². The number of carbonyl (C=O) groups is 1. The fourth-order valence-corrected chi connectivity index (χ4v) is 1.42. The summed E-state index contributed by atoms with van der Waals surface area (Å²) in [5.41, 5.74) is 5.52. The van der Waals surface area contributed by atoms with E-state index < -0.39 is 5.97 Å². The second-order valence-electron chi connectivity index (χ2n) is 2.77. The summed E-state index contributed by atoms with van der Waals surface area (Å²) in [5, 5.41) is 8.83. The molecule has 0 radical (unpaired) electrons. The monoisotopic (exact) mass is 183 g/mol. The molecule has 0 atom stereocenters. The van der Waals surface area contributed by atoms with Gasteiger partial charge >= 0.3 is 5.97 Å². The summed E-state index contributed by atoms with van der Waals surface area (Å²) in [7, 11) is 0. The highest BCUT2D eigenvalue weighted by molar-refractivity contribution is 5.91. The minimum Gasteiger partial charge on any atom is -0.476 e. The van der Waals surface area contributed by atoms with Crippen LogP contribution in [0.2, 0.25) is 0 Å². The van der Waals surface area contributed by atoms with Crippen LogP contribution in [0.3, 0.4) is 0 Å². The van der Waals surface area contributed by atoms with Crippen molar-refractivity contribution in [1.29, 1.82) is 0 Å². The predicted octanol–water partition coefficient (Wildman–Crippen LogP) is -0.306. The number of rotatable bonds is 1. The maximum atomic E-state index is 10.8. The third-order valence-corrected chi connectivity index (χ3v) is 1.97. The number of aromatic carboxylic acids is 1. The highest BCUT2D eigenvalue weighted by atomic mass is 16.5. The summed E-state index contributed by atoms with van der Waals surface area (Å²) < 4.78 is 6.70. The van der Waals surface area contributed by atoms with Crippen LogP contribution in [0.5, 0.6) is 0 Å². The average Bonchev–Trinajstić information content (AvgIpc) is 2.39. The van der Waals surface area contributed by atoms with Gasteiger partial charge in [-0.1, -0.05) is 0 Å². The number of carboxylic acids is 1. The number of hydrogen-bond acceptors (Lipinski definition) is 4. The Morgan fingerprint density at radius 2 is 2.46 bits per heavy atom. The second kappa shape index (κ2) is 2.74. The van der Waals surface area contributed by atoms with E-state index in [9.17, 15) is 4.79 Å². The van der Waals surface area contributed by atoms with Gasteiger partial charge in [0.25, 0.3) is 0 Å². The summed E-state index contributed by atoms with van der Waals surface area (Å²) in [6, 6.07) is 0. The molecule has 0 bridgehead atoms. The van der Waals surface area contributed by atoms with Crippen molar-refractivity contribution in [3.8, 4) is 0 Å². The molecule has 1 aliphatic rings. The average molecular weight is 183 g/mol. The standard InChI is InChI=1S/C7H9N3O3/c8-6-5(7(11)12)10-1-2-13-3-4(10)9-6/h1-3,8H2,(H,11,12). The van der Waals surface area contributed by atoms with E-state index in [4.69, 9.17) is 15.6 Å². The van der Waals surface area contributed by atoms with Crippen molar-refractivity contribution in [3.05, 3.63) is 11.5 Å². The zero-order valence-corrected chi connectivity index (χ0v) is 6.86. The smallest absolute Gasteiger partial charge is 0.356 e. The number of carboxylic acid groups (broad SMARTS) is 1. The molecule has 1 aliphatic heterocycles. The molecule has 13 heavy (non-hydrogen) atoms. The molecule has 0 fully saturated rings. The second-order valence-corrected chi connectivity index (χ2v) is 2.77. The van der Waals surface area contributed by atoms with Crippen LogP contribution in [-0.2, 0) is 17.9 Å². The van der Waals surface area contributed by atoms with Gasteiger partial charge in [0.2, 0.25) is 0 Å². The van der Waals surface area contributed by atoms with Crippen LogP contribution >= 0.6 is 0 Å². The minimum absolute atomic E-state index is 0.0630. The molecule has 1 aromatic rings.